The van der Waals surface area contributed by atoms with Gasteiger partial charge >= 0.3 is 12.0 Å². The van der Waals surface area contributed by atoms with E-state index in [4.69, 9.17) is 14.6 Å². The number of aromatic carboxylic acids is 1. The lowest BCUT2D eigenvalue weighted by Crippen LogP contribution is -2.34. The zero-order chi connectivity index (χ0) is 20.6. The van der Waals surface area contributed by atoms with Gasteiger partial charge in [0.05, 0.1) is 18.8 Å². The highest BCUT2D eigenvalue weighted by Crippen LogP contribution is 2.32. The highest BCUT2D eigenvalue weighted by atomic mass is 16.5. The predicted octanol–water partition coefficient (Wildman–Crippen LogP) is 3.71. The van der Waals surface area contributed by atoms with Crippen LogP contribution in [0, 0.1) is 0 Å². The number of nitrogens with one attached hydrogen (secondary N) is 2. The summed E-state index contributed by atoms with van der Waals surface area (Å²) in [5, 5.41) is 14.5. The topological polar surface area (TPSA) is 96.9 Å². The van der Waals surface area contributed by atoms with Crippen LogP contribution in [-0.4, -0.2) is 30.3 Å². The van der Waals surface area contributed by atoms with Gasteiger partial charge < -0.3 is 25.2 Å². The van der Waals surface area contributed by atoms with Gasteiger partial charge in [0.2, 0.25) is 0 Å². The number of rotatable bonds is 8. The van der Waals surface area contributed by atoms with Crippen LogP contribution in [0.5, 0.6) is 11.5 Å². The van der Waals surface area contributed by atoms with Gasteiger partial charge in [-0.25, -0.2) is 9.59 Å². The van der Waals surface area contributed by atoms with Gasteiger partial charge in [-0.3, -0.25) is 0 Å². The van der Waals surface area contributed by atoms with Crippen LogP contribution in [0.3, 0.4) is 0 Å². The molecule has 0 spiro atoms. The molecule has 2 amide bonds. The highest BCUT2D eigenvalue weighted by Gasteiger charge is 2.18. The lowest BCUT2D eigenvalue weighted by atomic mass is 10.1. The van der Waals surface area contributed by atoms with Gasteiger partial charge in [-0.05, 0) is 61.1 Å². The van der Waals surface area contributed by atoms with Crippen molar-refractivity contribution in [3.05, 3.63) is 59.2 Å². The summed E-state index contributed by atoms with van der Waals surface area (Å²) in [5.41, 5.74) is 1.95. The summed E-state index contributed by atoms with van der Waals surface area (Å²) in [6, 6.07) is 11.7. The Balaban J connectivity index is 1.50. The van der Waals surface area contributed by atoms with E-state index in [1.165, 1.54) is 25.0 Å². The van der Waals surface area contributed by atoms with Crippen LogP contribution in [0.15, 0.2) is 42.5 Å². The predicted molar refractivity (Wildman–Crippen MR) is 108 cm³/mol. The van der Waals surface area contributed by atoms with E-state index < -0.39 is 5.97 Å². The smallest absolute Gasteiger partial charge is 0.335 e. The summed E-state index contributed by atoms with van der Waals surface area (Å²) in [4.78, 5) is 22.9. The largest absolute Gasteiger partial charge is 0.493 e. The number of hydrogen-bond acceptors (Lipinski definition) is 4. The number of carbonyl (C=O) groups excluding carboxylic acids is 1. The van der Waals surface area contributed by atoms with Gasteiger partial charge in [-0.1, -0.05) is 18.2 Å². The Morgan fingerprint density at radius 1 is 0.966 bits per heavy atom. The first-order valence-corrected chi connectivity index (χ1v) is 9.72. The summed E-state index contributed by atoms with van der Waals surface area (Å²) in [6.07, 6.45) is 4.71. The number of benzene rings is 2. The molecule has 1 aliphatic rings. The van der Waals surface area contributed by atoms with Crippen LogP contribution in [-0.2, 0) is 13.1 Å². The van der Waals surface area contributed by atoms with Gasteiger partial charge in [0, 0.05) is 13.1 Å². The average Bonchev–Trinajstić information content (AvgIpc) is 3.24. The number of hydrogen-bond donors (Lipinski definition) is 3. The van der Waals surface area contributed by atoms with Crippen LogP contribution >= 0.6 is 0 Å². The van der Waals surface area contributed by atoms with E-state index in [9.17, 15) is 9.59 Å². The fourth-order valence-corrected chi connectivity index (χ4v) is 3.30. The van der Waals surface area contributed by atoms with Crippen LogP contribution < -0.4 is 20.1 Å². The van der Waals surface area contributed by atoms with Crippen molar-refractivity contribution >= 4 is 12.0 Å². The molecule has 154 valence electrons. The minimum Gasteiger partial charge on any atom is -0.493 e. The van der Waals surface area contributed by atoms with Crippen molar-refractivity contribution in [2.45, 2.75) is 44.9 Å². The molecule has 3 rings (SSSR count). The Hall–Kier alpha value is -3.22. The molecule has 1 fully saturated rings. The van der Waals surface area contributed by atoms with Crippen LogP contribution in [0.25, 0.3) is 0 Å². The number of urea groups is 1. The van der Waals surface area contributed by atoms with E-state index in [0.29, 0.717) is 24.6 Å². The summed E-state index contributed by atoms with van der Waals surface area (Å²) < 4.78 is 11.5. The maximum atomic E-state index is 12.1. The van der Waals surface area contributed by atoms with Crippen molar-refractivity contribution in [1.82, 2.24) is 10.6 Å². The second-order valence-electron chi connectivity index (χ2n) is 7.05. The molecule has 7 heteroatoms. The zero-order valence-electron chi connectivity index (χ0n) is 16.4. The standard InChI is InChI=1S/C22H26N2O5/c1-28-19-11-8-16(12-20(19)29-18-4-2-3-5-18)14-24-22(27)23-13-15-6-9-17(10-7-15)21(25)26/h6-12,18H,2-5,13-14H2,1H3,(H,25,26)(H2,23,24,27). The first-order chi connectivity index (χ1) is 14.0. The Kier molecular flexibility index (Phi) is 6.94. The number of carbonyl (C=O) groups is 2. The van der Waals surface area contributed by atoms with Crippen molar-refractivity contribution < 1.29 is 24.2 Å². The molecule has 1 aliphatic carbocycles. The molecule has 0 aromatic heterocycles. The van der Waals surface area contributed by atoms with Crippen molar-refractivity contribution in [2.75, 3.05) is 7.11 Å². The summed E-state index contributed by atoms with van der Waals surface area (Å²) in [5.74, 6) is 0.422. The molecule has 0 atom stereocenters. The Bertz CT molecular complexity index is 845. The molecular weight excluding hydrogens is 372 g/mol. The van der Waals surface area contributed by atoms with Gasteiger partial charge in [0.15, 0.2) is 11.5 Å². The van der Waals surface area contributed by atoms with Crippen molar-refractivity contribution in [2.24, 2.45) is 0 Å². The van der Waals surface area contributed by atoms with E-state index in [1.807, 2.05) is 18.2 Å². The third kappa shape index (κ3) is 5.88. The Labute approximate surface area is 170 Å². The maximum absolute atomic E-state index is 12.1. The first kappa shape index (κ1) is 20.5. The van der Waals surface area contributed by atoms with Crippen molar-refractivity contribution in [3.8, 4) is 11.5 Å². The second-order valence-corrected chi connectivity index (χ2v) is 7.05. The van der Waals surface area contributed by atoms with Crippen LogP contribution in [0.4, 0.5) is 4.79 Å². The van der Waals surface area contributed by atoms with E-state index in [2.05, 4.69) is 10.6 Å². The lowest BCUT2D eigenvalue weighted by Gasteiger charge is -2.17. The molecular formula is C22H26N2O5. The van der Waals surface area contributed by atoms with E-state index >= 15 is 0 Å². The summed E-state index contributed by atoms with van der Waals surface area (Å²) in [6.45, 7) is 0.666. The minimum absolute atomic E-state index is 0.216. The maximum Gasteiger partial charge on any atom is 0.335 e. The molecule has 0 bridgehead atoms. The van der Waals surface area contributed by atoms with Gasteiger partial charge in [0.25, 0.3) is 0 Å². The second kappa shape index (κ2) is 9.82. The van der Waals surface area contributed by atoms with Gasteiger partial charge in [-0.15, -0.1) is 0 Å². The molecule has 7 nitrogen and oxygen atoms in total. The average molecular weight is 398 g/mol. The molecule has 0 radical (unpaired) electrons. The van der Waals surface area contributed by atoms with Gasteiger partial charge in [-0.2, -0.15) is 0 Å². The molecule has 3 N–H and O–H groups in total. The van der Waals surface area contributed by atoms with Crippen molar-refractivity contribution in [1.29, 1.82) is 0 Å². The lowest BCUT2D eigenvalue weighted by molar-refractivity contribution is 0.0697. The SMILES string of the molecule is COc1ccc(CNC(=O)NCc2ccc(C(=O)O)cc2)cc1OC1CCCC1. The monoisotopic (exact) mass is 398 g/mol. The molecule has 2 aromatic rings. The van der Waals surface area contributed by atoms with Crippen LogP contribution in [0.1, 0.15) is 47.2 Å². The third-order valence-electron chi connectivity index (χ3n) is 4.93. The molecule has 1 saturated carbocycles. The van der Waals surface area contributed by atoms with E-state index in [0.717, 1.165) is 24.0 Å². The molecule has 0 saturated heterocycles. The van der Waals surface area contributed by atoms with Crippen molar-refractivity contribution in [3.63, 3.8) is 0 Å². The summed E-state index contributed by atoms with van der Waals surface area (Å²) >= 11 is 0. The molecule has 0 heterocycles. The first-order valence-electron chi connectivity index (χ1n) is 9.72. The normalized spacial score (nSPS) is 13.7. The molecule has 29 heavy (non-hydrogen) atoms. The van der Waals surface area contributed by atoms with E-state index in [-0.39, 0.29) is 17.7 Å². The molecule has 0 unspecified atom stereocenters. The number of carboxylic acids is 1. The minimum atomic E-state index is -0.974. The zero-order valence-corrected chi connectivity index (χ0v) is 16.4. The Morgan fingerprint density at radius 2 is 1.59 bits per heavy atom. The fraction of sp³-hybridized carbons (Fsp3) is 0.364. The Morgan fingerprint density at radius 3 is 2.21 bits per heavy atom. The number of carboxylic acid groups (broad SMARTS) is 1. The molecule has 0 aliphatic heterocycles. The third-order valence-corrected chi connectivity index (χ3v) is 4.93. The van der Waals surface area contributed by atoms with Gasteiger partial charge in [0.1, 0.15) is 0 Å². The fourth-order valence-electron chi connectivity index (χ4n) is 3.30. The highest BCUT2D eigenvalue weighted by molar-refractivity contribution is 5.87. The molecule has 2 aromatic carbocycles. The number of amides is 2. The van der Waals surface area contributed by atoms with E-state index in [1.54, 1.807) is 19.2 Å². The number of methoxy groups -OCH3 is 1. The summed E-state index contributed by atoms with van der Waals surface area (Å²) in [7, 11) is 1.62. The quantitative estimate of drug-likeness (QED) is 0.630. The van der Waals surface area contributed by atoms with Crippen LogP contribution in [0.2, 0.25) is 0 Å². The number of ether oxygens (including phenoxy) is 2.